The van der Waals surface area contributed by atoms with Crippen molar-refractivity contribution in [3.63, 3.8) is 0 Å². The Bertz CT molecular complexity index is 770. The van der Waals surface area contributed by atoms with Gasteiger partial charge in [0, 0.05) is 32.1 Å². The van der Waals surface area contributed by atoms with Crippen molar-refractivity contribution in [1.82, 2.24) is 9.80 Å². The lowest BCUT2D eigenvalue weighted by Gasteiger charge is -2.44. The topological polar surface area (TPSA) is 40.6 Å². The quantitative estimate of drug-likeness (QED) is 0.712. The van der Waals surface area contributed by atoms with Gasteiger partial charge in [0.15, 0.2) is 0 Å². The van der Waals surface area contributed by atoms with Crippen LogP contribution in [0, 0.1) is 17.2 Å². The molecule has 0 unspecified atom stereocenters. The number of piperidine rings is 1. The van der Waals surface area contributed by atoms with E-state index in [-0.39, 0.29) is 23.5 Å². The number of hydrogen-bond donors (Lipinski definition) is 0. The summed E-state index contributed by atoms with van der Waals surface area (Å²) in [5.74, 6) is 0.268. The van der Waals surface area contributed by atoms with E-state index in [9.17, 15) is 14.0 Å². The molecule has 0 N–H and O–H groups in total. The number of benzene rings is 1. The first-order valence-electron chi connectivity index (χ1n) is 11.0. The third kappa shape index (κ3) is 4.39. The van der Waals surface area contributed by atoms with E-state index in [1.807, 2.05) is 9.80 Å². The fraction of sp³-hybridized carbons (Fsp3) is 0.583. The highest BCUT2D eigenvalue weighted by molar-refractivity contribution is 5.86. The molecule has 4 nitrogen and oxygen atoms in total. The first-order valence-corrected chi connectivity index (χ1v) is 11.0. The minimum absolute atomic E-state index is 0.132. The lowest BCUT2D eigenvalue weighted by atomic mass is 9.75. The van der Waals surface area contributed by atoms with E-state index in [0.29, 0.717) is 26.1 Å². The Kier molecular flexibility index (Phi) is 6.02. The molecule has 4 rings (SSSR count). The zero-order valence-corrected chi connectivity index (χ0v) is 17.1. The molecule has 29 heavy (non-hydrogen) atoms. The molecule has 2 aliphatic heterocycles. The number of carbonyl (C=O) groups is 2. The number of hydrogen-bond acceptors (Lipinski definition) is 2. The van der Waals surface area contributed by atoms with Crippen molar-refractivity contribution >= 4 is 11.8 Å². The minimum Gasteiger partial charge on any atom is -0.341 e. The summed E-state index contributed by atoms with van der Waals surface area (Å²) in [4.78, 5) is 30.6. The maximum atomic E-state index is 13.6. The maximum Gasteiger partial charge on any atom is 0.231 e. The normalized spacial score (nSPS) is 26.0. The number of amides is 2. The lowest BCUT2D eigenvalue weighted by Crippen LogP contribution is -2.54. The van der Waals surface area contributed by atoms with Crippen molar-refractivity contribution in [2.24, 2.45) is 11.3 Å². The predicted molar refractivity (Wildman–Crippen MR) is 110 cm³/mol. The molecule has 1 atom stereocenters. The fourth-order valence-electron chi connectivity index (χ4n) is 5.23. The van der Waals surface area contributed by atoms with Crippen molar-refractivity contribution in [3.05, 3.63) is 47.8 Å². The SMILES string of the molecule is O=C(C1CCCCC1)N1CCC[C@@]2(CC=CCN(Cc3ccc(F)cc3)C2=O)C1. The van der Waals surface area contributed by atoms with Gasteiger partial charge < -0.3 is 9.80 Å². The van der Waals surface area contributed by atoms with Crippen LogP contribution in [0.3, 0.4) is 0 Å². The van der Waals surface area contributed by atoms with Gasteiger partial charge in [0.25, 0.3) is 0 Å². The average Bonchev–Trinajstić information content (AvgIpc) is 2.90. The highest BCUT2D eigenvalue weighted by Crippen LogP contribution is 2.39. The molecule has 1 spiro atoms. The molecule has 0 radical (unpaired) electrons. The number of rotatable bonds is 3. The summed E-state index contributed by atoms with van der Waals surface area (Å²) in [5, 5.41) is 0. The van der Waals surface area contributed by atoms with E-state index in [0.717, 1.165) is 50.6 Å². The number of likely N-dealkylation sites (tertiary alicyclic amines) is 1. The van der Waals surface area contributed by atoms with Crippen LogP contribution < -0.4 is 0 Å². The number of allylic oxidation sites excluding steroid dienone is 1. The molecule has 5 heteroatoms. The monoisotopic (exact) mass is 398 g/mol. The number of halogens is 1. The van der Waals surface area contributed by atoms with Crippen LogP contribution in [-0.4, -0.2) is 41.2 Å². The molecule has 1 aliphatic carbocycles. The van der Waals surface area contributed by atoms with Gasteiger partial charge in [-0.25, -0.2) is 4.39 Å². The van der Waals surface area contributed by atoms with Crippen LogP contribution >= 0.6 is 0 Å². The largest absolute Gasteiger partial charge is 0.341 e. The second-order valence-electron chi connectivity index (χ2n) is 8.97. The summed E-state index contributed by atoms with van der Waals surface area (Å²) >= 11 is 0. The van der Waals surface area contributed by atoms with Gasteiger partial charge in [-0.1, -0.05) is 43.5 Å². The molecule has 1 aromatic carbocycles. The second kappa shape index (κ2) is 8.68. The minimum atomic E-state index is -0.518. The van der Waals surface area contributed by atoms with Crippen LogP contribution in [-0.2, 0) is 16.1 Å². The molecule has 1 saturated carbocycles. The molecule has 156 valence electrons. The van der Waals surface area contributed by atoms with E-state index in [1.54, 1.807) is 12.1 Å². The summed E-state index contributed by atoms with van der Waals surface area (Å²) in [6, 6.07) is 6.36. The molecule has 1 saturated heterocycles. The summed E-state index contributed by atoms with van der Waals surface area (Å²) in [5.41, 5.74) is 0.409. The Morgan fingerprint density at radius 3 is 2.59 bits per heavy atom. The number of carbonyl (C=O) groups excluding carboxylic acids is 2. The maximum absolute atomic E-state index is 13.6. The molecule has 0 aromatic heterocycles. The highest BCUT2D eigenvalue weighted by Gasteiger charge is 2.46. The summed E-state index contributed by atoms with van der Waals surface area (Å²) in [6.07, 6.45) is 12.1. The van der Waals surface area contributed by atoms with Gasteiger partial charge in [-0.05, 0) is 49.8 Å². The Labute approximate surface area is 172 Å². The van der Waals surface area contributed by atoms with Gasteiger partial charge in [0.2, 0.25) is 11.8 Å². The fourth-order valence-corrected chi connectivity index (χ4v) is 5.23. The van der Waals surface area contributed by atoms with Gasteiger partial charge in [-0.2, -0.15) is 0 Å². The van der Waals surface area contributed by atoms with Crippen molar-refractivity contribution in [2.75, 3.05) is 19.6 Å². The predicted octanol–water partition coefficient (Wildman–Crippen LogP) is 4.30. The van der Waals surface area contributed by atoms with Crippen LogP contribution in [0.2, 0.25) is 0 Å². The van der Waals surface area contributed by atoms with E-state index in [2.05, 4.69) is 12.2 Å². The molecule has 2 fully saturated rings. The highest BCUT2D eigenvalue weighted by atomic mass is 19.1. The summed E-state index contributed by atoms with van der Waals surface area (Å²) in [7, 11) is 0. The van der Waals surface area contributed by atoms with Crippen LogP contribution in [0.25, 0.3) is 0 Å². The molecule has 1 aromatic rings. The molecule has 0 bridgehead atoms. The molecule has 2 amide bonds. The number of nitrogens with zero attached hydrogens (tertiary/aromatic N) is 2. The van der Waals surface area contributed by atoms with Gasteiger partial charge in [0.1, 0.15) is 5.82 Å². The van der Waals surface area contributed by atoms with Gasteiger partial charge in [-0.15, -0.1) is 0 Å². The van der Waals surface area contributed by atoms with Gasteiger partial charge in [0.05, 0.1) is 5.41 Å². The smallest absolute Gasteiger partial charge is 0.231 e. The Morgan fingerprint density at radius 2 is 1.83 bits per heavy atom. The van der Waals surface area contributed by atoms with E-state index < -0.39 is 5.41 Å². The first kappa shape index (κ1) is 20.1. The Morgan fingerprint density at radius 1 is 1.07 bits per heavy atom. The van der Waals surface area contributed by atoms with Gasteiger partial charge in [-0.3, -0.25) is 9.59 Å². The zero-order valence-electron chi connectivity index (χ0n) is 17.1. The summed E-state index contributed by atoms with van der Waals surface area (Å²) in [6.45, 7) is 2.34. The third-order valence-corrected chi connectivity index (χ3v) is 6.87. The van der Waals surface area contributed by atoms with Crippen molar-refractivity contribution < 1.29 is 14.0 Å². The molecular formula is C24H31FN2O2. The summed E-state index contributed by atoms with van der Waals surface area (Å²) < 4.78 is 13.2. The molecular weight excluding hydrogens is 367 g/mol. The Hall–Kier alpha value is -2.17. The van der Waals surface area contributed by atoms with Crippen LogP contribution in [0.5, 0.6) is 0 Å². The molecule has 2 heterocycles. The van der Waals surface area contributed by atoms with E-state index in [1.165, 1.54) is 18.6 Å². The van der Waals surface area contributed by atoms with Gasteiger partial charge >= 0.3 is 0 Å². The standard InChI is InChI=1S/C24H31FN2O2/c25-21-11-9-19(10-12-21)17-26-15-5-4-13-24(23(26)29)14-6-16-27(18-24)22(28)20-7-2-1-3-8-20/h4-5,9-12,20H,1-3,6-8,13-18H2/t24-/m0/s1. The third-order valence-electron chi connectivity index (χ3n) is 6.87. The van der Waals surface area contributed by atoms with Crippen LogP contribution in [0.1, 0.15) is 56.9 Å². The zero-order chi connectivity index (χ0) is 20.3. The van der Waals surface area contributed by atoms with Crippen molar-refractivity contribution in [1.29, 1.82) is 0 Å². The molecule has 3 aliphatic rings. The average molecular weight is 399 g/mol. The van der Waals surface area contributed by atoms with E-state index in [4.69, 9.17) is 0 Å². The lowest BCUT2D eigenvalue weighted by molar-refractivity contribution is -0.150. The van der Waals surface area contributed by atoms with Crippen LogP contribution in [0.4, 0.5) is 4.39 Å². The Balaban J connectivity index is 1.50. The first-order chi connectivity index (χ1) is 14.1. The van der Waals surface area contributed by atoms with Crippen LogP contribution in [0.15, 0.2) is 36.4 Å². The van der Waals surface area contributed by atoms with Crippen molar-refractivity contribution in [2.45, 2.75) is 57.9 Å². The second-order valence-corrected chi connectivity index (χ2v) is 8.97. The van der Waals surface area contributed by atoms with E-state index >= 15 is 0 Å². The van der Waals surface area contributed by atoms with Crippen molar-refractivity contribution in [3.8, 4) is 0 Å².